The lowest BCUT2D eigenvalue weighted by atomic mass is 9.76. The molecule has 2 heteroatoms. The second-order valence-corrected chi connectivity index (χ2v) is 5.86. The summed E-state index contributed by atoms with van der Waals surface area (Å²) in [5, 5.41) is 3.79. The van der Waals surface area contributed by atoms with Crippen LogP contribution in [0.15, 0.2) is 0 Å². The minimum Gasteiger partial charge on any atom is -0.378 e. The average molecular weight is 239 g/mol. The van der Waals surface area contributed by atoms with Crippen LogP contribution >= 0.6 is 0 Å². The molecule has 1 saturated carbocycles. The molecule has 0 bridgehead atoms. The van der Waals surface area contributed by atoms with E-state index in [1.807, 2.05) is 0 Å². The zero-order valence-electron chi connectivity index (χ0n) is 11.6. The largest absolute Gasteiger partial charge is 0.378 e. The lowest BCUT2D eigenvalue weighted by Crippen LogP contribution is -2.42. The number of hydrogen-bond acceptors (Lipinski definition) is 2. The van der Waals surface area contributed by atoms with Gasteiger partial charge in [0.1, 0.15) is 0 Å². The molecule has 0 aromatic carbocycles. The predicted molar refractivity (Wildman–Crippen MR) is 72.2 cm³/mol. The molecule has 17 heavy (non-hydrogen) atoms. The number of hydrogen-bond donors (Lipinski definition) is 1. The molecule has 1 heterocycles. The SMILES string of the molecule is CCCNC(CC1CCC1)C1CCOC1CC. The first-order valence-electron chi connectivity index (χ1n) is 7.70. The summed E-state index contributed by atoms with van der Waals surface area (Å²) < 4.78 is 5.87. The summed E-state index contributed by atoms with van der Waals surface area (Å²) in [5.74, 6) is 1.77. The molecule has 1 saturated heterocycles. The van der Waals surface area contributed by atoms with Crippen molar-refractivity contribution in [3.05, 3.63) is 0 Å². The molecule has 2 nitrogen and oxygen atoms in total. The Morgan fingerprint density at radius 1 is 1.24 bits per heavy atom. The van der Waals surface area contributed by atoms with Crippen molar-refractivity contribution in [3.8, 4) is 0 Å². The van der Waals surface area contributed by atoms with Crippen molar-refractivity contribution in [2.45, 2.75) is 70.9 Å². The summed E-state index contributed by atoms with van der Waals surface area (Å²) in [7, 11) is 0. The van der Waals surface area contributed by atoms with Crippen LogP contribution in [0, 0.1) is 11.8 Å². The minimum atomic E-state index is 0.518. The highest BCUT2D eigenvalue weighted by Gasteiger charge is 2.35. The van der Waals surface area contributed by atoms with Gasteiger partial charge in [0.15, 0.2) is 0 Å². The van der Waals surface area contributed by atoms with Gasteiger partial charge in [0.05, 0.1) is 6.10 Å². The maximum absolute atomic E-state index is 5.87. The molecule has 3 atom stereocenters. The van der Waals surface area contributed by atoms with Crippen LogP contribution in [0.4, 0.5) is 0 Å². The molecule has 3 unspecified atom stereocenters. The van der Waals surface area contributed by atoms with Crippen LogP contribution in [0.2, 0.25) is 0 Å². The second-order valence-electron chi connectivity index (χ2n) is 5.86. The standard InChI is InChI=1S/C15H29NO/c1-3-9-16-14(11-12-6-5-7-12)13-8-10-17-15(13)4-2/h12-16H,3-11H2,1-2H3. The molecule has 1 aliphatic heterocycles. The third-order valence-electron chi connectivity index (χ3n) is 4.65. The summed E-state index contributed by atoms with van der Waals surface area (Å²) in [5.41, 5.74) is 0. The highest BCUT2D eigenvalue weighted by molar-refractivity contribution is 4.88. The third-order valence-corrected chi connectivity index (χ3v) is 4.65. The topological polar surface area (TPSA) is 21.3 Å². The van der Waals surface area contributed by atoms with E-state index in [0.29, 0.717) is 12.1 Å². The Morgan fingerprint density at radius 2 is 2.06 bits per heavy atom. The number of rotatable bonds is 7. The molecule has 0 amide bonds. The minimum absolute atomic E-state index is 0.518. The molecule has 0 aromatic rings. The molecular formula is C15H29NO. The lowest BCUT2D eigenvalue weighted by Gasteiger charge is -2.34. The fourth-order valence-electron chi connectivity index (χ4n) is 3.37. The van der Waals surface area contributed by atoms with Crippen molar-refractivity contribution in [2.24, 2.45) is 11.8 Å². The van der Waals surface area contributed by atoms with Gasteiger partial charge < -0.3 is 10.1 Å². The second kappa shape index (κ2) is 6.75. The molecular weight excluding hydrogens is 210 g/mol. The number of nitrogens with one attached hydrogen (secondary N) is 1. The Balaban J connectivity index is 1.87. The first kappa shape index (κ1) is 13.4. The van der Waals surface area contributed by atoms with Crippen molar-refractivity contribution in [1.29, 1.82) is 0 Å². The zero-order valence-corrected chi connectivity index (χ0v) is 11.6. The van der Waals surface area contributed by atoms with Crippen LogP contribution in [0.1, 0.15) is 58.8 Å². The smallest absolute Gasteiger partial charge is 0.0616 e. The van der Waals surface area contributed by atoms with Crippen molar-refractivity contribution in [1.82, 2.24) is 5.32 Å². The van der Waals surface area contributed by atoms with Gasteiger partial charge in [-0.2, -0.15) is 0 Å². The Bertz CT molecular complexity index is 215. The molecule has 0 radical (unpaired) electrons. The van der Waals surface area contributed by atoms with E-state index in [2.05, 4.69) is 19.2 Å². The van der Waals surface area contributed by atoms with Crippen LogP contribution < -0.4 is 5.32 Å². The van der Waals surface area contributed by atoms with E-state index in [4.69, 9.17) is 4.74 Å². The molecule has 2 aliphatic rings. The van der Waals surface area contributed by atoms with E-state index in [1.54, 1.807) is 0 Å². The zero-order chi connectivity index (χ0) is 12.1. The fourth-order valence-corrected chi connectivity index (χ4v) is 3.37. The Kier molecular flexibility index (Phi) is 5.30. The van der Waals surface area contributed by atoms with Gasteiger partial charge in [-0.05, 0) is 38.1 Å². The van der Waals surface area contributed by atoms with Gasteiger partial charge in [0.2, 0.25) is 0 Å². The lowest BCUT2D eigenvalue weighted by molar-refractivity contribution is 0.0716. The maximum Gasteiger partial charge on any atom is 0.0616 e. The highest BCUT2D eigenvalue weighted by atomic mass is 16.5. The summed E-state index contributed by atoms with van der Waals surface area (Å²) in [6, 6.07) is 0.715. The quantitative estimate of drug-likeness (QED) is 0.735. The van der Waals surface area contributed by atoms with E-state index in [0.717, 1.165) is 18.4 Å². The van der Waals surface area contributed by atoms with Gasteiger partial charge in [-0.15, -0.1) is 0 Å². The van der Waals surface area contributed by atoms with E-state index in [9.17, 15) is 0 Å². The van der Waals surface area contributed by atoms with Crippen molar-refractivity contribution < 1.29 is 4.74 Å². The van der Waals surface area contributed by atoms with E-state index >= 15 is 0 Å². The summed E-state index contributed by atoms with van der Waals surface area (Å²) in [6.07, 6.45) is 10.00. The summed E-state index contributed by atoms with van der Waals surface area (Å²) >= 11 is 0. The third kappa shape index (κ3) is 3.45. The molecule has 0 aromatic heterocycles. The van der Waals surface area contributed by atoms with Gasteiger partial charge in [0.25, 0.3) is 0 Å². The van der Waals surface area contributed by atoms with Crippen LogP contribution in [-0.2, 0) is 4.74 Å². The van der Waals surface area contributed by atoms with Gasteiger partial charge in [-0.25, -0.2) is 0 Å². The predicted octanol–water partition coefficient (Wildman–Crippen LogP) is 3.36. The Morgan fingerprint density at radius 3 is 2.65 bits per heavy atom. The molecule has 2 rings (SSSR count). The van der Waals surface area contributed by atoms with Crippen LogP contribution in [-0.4, -0.2) is 25.3 Å². The summed E-state index contributed by atoms with van der Waals surface area (Å²) in [6.45, 7) is 6.68. The van der Waals surface area contributed by atoms with E-state index in [-0.39, 0.29) is 0 Å². The molecule has 2 fully saturated rings. The van der Waals surface area contributed by atoms with E-state index in [1.165, 1.54) is 51.5 Å². The van der Waals surface area contributed by atoms with Crippen molar-refractivity contribution in [3.63, 3.8) is 0 Å². The van der Waals surface area contributed by atoms with Crippen molar-refractivity contribution in [2.75, 3.05) is 13.2 Å². The van der Waals surface area contributed by atoms with Crippen LogP contribution in [0.25, 0.3) is 0 Å². The normalized spacial score (nSPS) is 31.4. The monoisotopic (exact) mass is 239 g/mol. The van der Waals surface area contributed by atoms with Gasteiger partial charge in [-0.1, -0.05) is 33.1 Å². The van der Waals surface area contributed by atoms with E-state index < -0.39 is 0 Å². The number of ether oxygens (including phenoxy) is 1. The van der Waals surface area contributed by atoms with Gasteiger partial charge >= 0.3 is 0 Å². The Labute approximate surface area is 107 Å². The molecule has 1 aliphatic carbocycles. The summed E-state index contributed by atoms with van der Waals surface area (Å²) in [4.78, 5) is 0. The Hall–Kier alpha value is -0.0800. The van der Waals surface area contributed by atoms with Crippen LogP contribution in [0.5, 0.6) is 0 Å². The first-order valence-corrected chi connectivity index (χ1v) is 7.70. The van der Waals surface area contributed by atoms with Crippen molar-refractivity contribution >= 4 is 0 Å². The average Bonchev–Trinajstić information content (AvgIpc) is 2.75. The van der Waals surface area contributed by atoms with Gasteiger partial charge in [-0.3, -0.25) is 0 Å². The molecule has 1 N–H and O–H groups in total. The maximum atomic E-state index is 5.87. The fraction of sp³-hybridized carbons (Fsp3) is 1.00. The first-order chi connectivity index (χ1) is 8.35. The highest BCUT2D eigenvalue weighted by Crippen LogP contribution is 2.35. The molecule has 0 spiro atoms. The molecule has 100 valence electrons. The van der Waals surface area contributed by atoms with Gasteiger partial charge in [0, 0.05) is 18.6 Å². The van der Waals surface area contributed by atoms with Crippen LogP contribution in [0.3, 0.4) is 0 Å².